The Morgan fingerprint density at radius 3 is 2.03 bits per heavy atom. The zero-order valence-electron chi connectivity index (χ0n) is 18.7. The first-order chi connectivity index (χ1) is 13.1. The van der Waals surface area contributed by atoms with Crippen molar-refractivity contribution in [2.45, 2.75) is 52.5 Å². The van der Waals surface area contributed by atoms with Crippen molar-refractivity contribution in [1.29, 1.82) is 0 Å². The molecule has 1 heterocycles. The summed E-state index contributed by atoms with van der Waals surface area (Å²) in [6.07, 6.45) is 4.12. The molecule has 5 heteroatoms. The third kappa shape index (κ3) is 3.57. The van der Waals surface area contributed by atoms with Crippen molar-refractivity contribution in [3.8, 4) is 0 Å². The maximum atomic E-state index is 2.81. The molecular formula is C25H30Cl2Si2Zr. The molecule has 30 heavy (non-hydrogen) atoms. The molecule has 0 saturated carbocycles. The van der Waals surface area contributed by atoms with E-state index in [2.05, 4.69) is 93.9 Å². The van der Waals surface area contributed by atoms with Gasteiger partial charge in [-0.1, -0.05) is 0 Å². The van der Waals surface area contributed by atoms with Crippen LogP contribution in [0.1, 0.15) is 32.3 Å². The van der Waals surface area contributed by atoms with Crippen molar-refractivity contribution in [1.82, 2.24) is 0 Å². The van der Waals surface area contributed by atoms with Gasteiger partial charge in [-0.05, 0) is 0 Å². The smallest absolute Gasteiger partial charge is 1.00 e. The van der Waals surface area contributed by atoms with Crippen LogP contribution < -0.4 is 24.8 Å². The van der Waals surface area contributed by atoms with E-state index in [9.17, 15) is 0 Å². The van der Waals surface area contributed by atoms with E-state index in [0.29, 0.717) is 3.12 Å². The summed E-state index contributed by atoms with van der Waals surface area (Å²) in [6.45, 7) is 15.2. The molecule has 1 spiro atoms. The van der Waals surface area contributed by atoms with E-state index in [1.807, 2.05) is 5.57 Å². The molecule has 2 aromatic rings. The topological polar surface area (TPSA) is 0 Å². The van der Waals surface area contributed by atoms with Crippen molar-refractivity contribution in [2.24, 2.45) is 0 Å². The predicted octanol–water partition coefficient (Wildman–Crippen LogP) is 1.04. The number of benzene rings is 2. The minimum Gasteiger partial charge on any atom is -1.00 e. The molecule has 2 aromatic carbocycles. The Labute approximate surface area is 208 Å². The summed E-state index contributed by atoms with van der Waals surface area (Å²) < 4.78 is 1.19. The quantitative estimate of drug-likeness (QED) is 0.492. The summed E-state index contributed by atoms with van der Waals surface area (Å²) in [4.78, 5) is 0. The van der Waals surface area contributed by atoms with Gasteiger partial charge in [-0.3, -0.25) is 0 Å². The van der Waals surface area contributed by atoms with Crippen LogP contribution in [0.4, 0.5) is 0 Å². The van der Waals surface area contributed by atoms with Gasteiger partial charge in [0, 0.05) is 0 Å². The van der Waals surface area contributed by atoms with Crippen molar-refractivity contribution >= 4 is 26.5 Å². The molecule has 156 valence electrons. The molecule has 0 radical (unpaired) electrons. The Balaban J connectivity index is 0.00000128. The van der Waals surface area contributed by atoms with Crippen LogP contribution in [0.25, 0.3) is 10.4 Å². The molecule has 0 bridgehead atoms. The second kappa shape index (κ2) is 7.99. The summed E-state index contributed by atoms with van der Waals surface area (Å²) >= 11 is -0.705. The summed E-state index contributed by atoms with van der Waals surface area (Å²) in [5, 5.41) is 3.53. The van der Waals surface area contributed by atoms with Gasteiger partial charge in [-0.2, -0.15) is 0 Å². The van der Waals surface area contributed by atoms with Crippen LogP contribution >= 0.6 is 0 Å². The van der Waals surface area contributed by atoms with E-state index >= 15 is 0 Å². The van der Waals surface area contributed by atoms with Crippen molar-refractivity contribution < 1.29 is 48.0 Å². The number of halogens is 2. The number of hydrogen-bond acceptors (Lipinski definition) is 0. The molecule has 1 aliphatic heterocycles. The van der Waals surface area contributed by atoms with Gasteiger partial charge in [0.05, 0.1) is 0 Å². The van der Waals surface area contributed by atoms with Gasteiger partial charge in [0.15, 0.2) is 0 Å². The fraction of sp³-hybridized carbons (Fsp3) is 0.360. The fourth-order valence-corrected chi connectivity index (χ4v) is 15.9. The first kappa shape index (κ1) is 24.5. The second-order valence-electron chi connectivity index (χ2n) is 10.8. The van der Waals surface area contributed by atoms with E-state index < -0.39 is 39.4 Å². The Kier molecular flexibility index (Phi) is 6.52. The number of rotatable bonds is 2. The minimum atomic E-state index is -1.38. The van der Waals surface area contributed by atoms with Crippen LogP contribution in [0, 0.1) is 0 Å². The van der Waals surface area contributed by atoms with E-state index in [0.717, 1.165) is 3.63 Å². The second-order valence-corrected chi connectivity index (χ2v) is 25.2. The molecule has 0 aromatic heterocycles. The van der Waals surface area contributed by atoms with Gasteiger partial charge in [0.2, 0.25) is 0 Å². The third-order valence-electron chi connectivity index (χ3n) is 6.73. The molecular weight excluding hydrogens is 519 g/mol. The fourth-order valence-electron chi connectivity index (χ4n) is 5.73. The van der Waals surface area contributed by atoms with Crippen LogP contribution in [0.15, 0.2) is 60.2 Å². The molecule has 0 N–H and O–H groups in total. The number of fused-ring (bicyclic) bond motifs is 5. The van der Waals surface area contributed by atoms with Crippen molar-refractivity contribution in [3.63, 3.8) is 0 Å². The van der Waals surface area contributed by atoms with Crippen molar-refractivity contribution in [3.05, 3.63) is 82.4 Å². The van der Waals surface area contributed by atoms with Crippen LogP contribution in [0.2, 0.25) is 39.3 Å². The van der Waals surface area contributed by atoms with E-state index in [-0.39, 0.29) is 24.8 Å². The Hall–Kier alpha value is -0.183. The van der Waals surface area contributed by atoms with Gasteiger partial charge in [0.1, 0.15) is 0 Å². The first-order valence-electron chi connectivity index (χ1n) is 10.6. The maximum absolute atomic E-state index is 2.81. The van der Waals surface area contributed by atoms with Crippen LogP contribution in [-0.2, 0) is 26.4 Å². The van der Waals surface area contributed by atoms with Gasteiger partial charge in [0.25, 0.3) is 0 Å². The molecule has 1 fully saturated rings. The minimum absolute atomic E-state index is 0. The van der Waals surface area contributed by atoms with E-state index in [4.69, 9.17) is 0 Å². The zero-order chi connectivity index (χ0) is 19.9. The molecule has 1 saturated heterocycles. The van der Waals surface area contributed by atoms with Crippen LogP contribution in [-0.4, -0.2) is 16.1 Å². The van der Waals surface area contributed by atoms with Crippen LogP contribution in [0.5, 0.6) is 0 Å². The summed E-state index contributed by atoms with van der Waals surface area (Å²) in [6, 6.07) is 18.9. The standard InChI is InChI=1S/C25H30Si2.2ClH.Zr/c1-26(2,3)24-17-19(21-12-9-10-14-23(21)24)16-20-15-18-11-7-8-13-22(18)25(20)27(4,5)6;;;/h7-15,17H,16H2,1-6H3;2*1H;/q;;;+2/p-2. The average Bonchev–Trinajstić information content (AvgIpc) is 3.23. The summed E-state index contributed by atoms with van der Waals surface area (Å²) in [5.41, 5.74) is 8.46. The van der Waals surface area contributed by atoms with Gasteiger partial charge < -0.3 is 24.8 Å². The monoisotopic (exact) mass is 546 g/mol. The molecule has 5 rings (SSSR count). The Morgan fingerprint density at radius 2 is 1.40 bits per heavy atom. The van der Waals surface area contributed by atoms with Gasteiger partial charge in [-0.15, -0.1) is 0 Å². The van der Waals surface area contributed by atoms with E-state index in [1.165, 1.54) is 6.42 Å². The SMILES string of the molecule is C[Si](C)(C)C1=C[C]2(CC3=C([Si](C)(C)C)c4ccccc4[CH]3[Zr+2]2)c2ccccc21.[Cl-].[Cl-]. The Morgan fingerprint density at radius 1 is 0.800 bits per heavy atom. The summed E-state index contributed by atoms with van der Waals surface area (Å²) in [7, 11) is -2.73. The molecule has 0 nitrogen and oxygen atoms in total. The van der Waals surface area contributed by atoms with Crippen molar-refractivity contribution in [2.75, 3.05) is 0 Å². The number of allylic oxidation sites excluding steroid dienone is 2. The summed E-state index contributed by atoms with van der Waals surface area (Å²) in [5.74, 6) is 0. The van der Waals surface area contributed by atoms with Gasteiger partial charge in [-0.25, -0.2) is 0 Å². The first-order valence-corrected chi connectivity index (χ1v) is 20.2. The van der Waals surface area contributed by atoms with Gasteiger partial charge >= 0.3 is 185 Å². The average molecular weight is 549 g/mol. The molecule has 2 unspecified atom stereocenters. The normalized spacial score (nSPS) is 23.5. The van der Waals surface area contributed by atoms with Crippen LogP contribution in [0.3, 0.4) is 0 Å². The molecule has 0 amide bonds. The molecule has 2 aliphatic carbocycles. The third-order valence-corrected chi connectivity index (χ3v) is 15.9. The molecule has 2 atom stereocenters. The largest absolute Gasteiger partial charge is 1.00 e. The predicted molar refractivity (Wildman–Crippen MR) is 124 cm³/mol. The zero-order valence-corrected chi connectivity index (χ0v) is 24.7. The maximum Gasteiger partial charge on any atom is -1.00 e. The van der Waals surface area contributed by atoms with E-state index in [1.54, 1.807) is 32.6 Å². The molecule has 3 aliphatic rings. The Bertz CT molecular complexity index is 1060. The number of hydrogen-bond donors (Lipinski definition) is 0.